The van der Waals surface area contributed by atoms with Crippen LogP contribution in [0.4, 0.5) is 0 Å². The number of carbonyl (C=O) groups excluding carboxylic acids is 1. The number of nitrogens with zero attached hydrogens (tertiary/aromatic N) is 2. The number of rotatable bonds is 3. The lowest BCUT2D eigenvalue weighted by Crippen LogP contribution is -2.48. The fraction of sp³-hybridized carbons (Fsp3) is 0.364. The van der Waals surface area contributed by atoms with Gasteiger partial charge in [0.25, 0.3) is 0 Å². The molecule has 2 atom stereocenters. The lowest BCUT2D eigenvalue weighted by Gasteiger charge is -2.32. The molecule has 2 aliphatic rings. The Hall–Kier alpha value is -2.41. The number of fused-ring (bicyclic) bond motifs is 1. The van der Waals surface area contributed by atoms with E-state index in [0.29, 0.717) is 11.4 Å². The minimum Gasteiger partial charge on any atom is -0.440 e. The van der Waals surface area contributed by atoms with Crippen molar-refractivity contribution in [3.8, 4) is 0 Å². The number of benzene rings is 2. The fourth-order valence-electron chi connectivity index (χ4n) is 4.29. The predicted molar refractivity (Wildman–Crippen MR) is 111 cm³/mol. The molecule has 0 aliphatic carbocycles. The first-order valence-electron chi connectivity index (χ1n) is 10.1. The van der Waals surface area contributed by atoms with Gasteiger partial charge in [-0.2, -0.15) is 0 Å². The molecule has 0 saturated carbocycles. The molecule has 5 rings (SSSR count). The third-order valence-corrected chi connectivity index (χ3v) is 6.15. The van der Waals surface area contributed by atoms with Gasteiger partial charge >= 0.3 is 0 Å². The van der Waals surface area contributed by atoms with Crippen molar-refractivity contribution in [2.45, 2.75) is 37.3 Å². The molecular formula is C22H23ClN4O2. The lowest BCUT2D eigenvalue weighted by atomic mass is 9.95. The van der Waals surface area contributed by atoms with Gasteiger partial charge in [-0.1, -0.05) is 35.9 Å². The zero-order valence-electron chi connectivity index (χ0n) is 16.0. The molecule has 0 bridgehead atoms. The number of piperidine rings is 1. The van der Waals surface area contributed by atoms with E-state index in [4.69, 9.17) is 16.0 Å². The second-order valence-corrected chi connectivity index (χ2v) is 8.24. The maximum absolute atomic E-state index is 13.0. The summed E-state index contributed by atoms with van der Waals surface area (Å²) >= 11 is 6.10. The molecule has 2 aromatic carbocycles. The van der Waals surface area contributed by atoms with Gasteiger partial charge in [0.2, 0.25) is 5.91 Å². The Morgan fingerprint density at radius 2 is 1.93 bits per heavy atom. The number of carbonyl (C=O) groups is 1. The molecule has 150 valence electrons. The van der Waals surface area contributed by atoms with Crippen LogP contribution < -0.4 is 10.9 Å². The van der Waals surface area contributed by atoms with Crippen molar-refractivity contribution < 1.29 is 9.21 Å². The minimum absolute atomic E-state index is 0.0833. The molecule has 1 aromatic heterocycles. The first-order chi connectivity index (χ1) is 14.2. The predicted octanol–water partition coefficient (Wildman–Crippen LogP) is 3.80. The fourth-order valence-corrected chi connectivity index (χ4v) is 4.49. The molecule has 0 spiro atoms. The van der Waals surface area contributed by atoms with E-state index < -0.39 is 0 Å². The number of aromatic nitrogens is 1. The van der Waals surface area contributed by atoms with Gasteiger partial charge in [-0.25, -0.2) is 15.8 Å². The zero-order chi connectivity index (χ0) is 19.8. The van der Waals surface area contributed by atoms with Crippen LogP contribution in [0.15, 0.2) is 52.9 Å². The van der Waals surface area contributed by atoms with Crippen molar-refractivity contribution >= 4 is 28.6 Å². The molecular weight excluding hydrogens is 388 g/mol. The molecule has 3 heterocycles. The van der Waals surface area contributed by atoms with E-state index in [-0.39, 0.29) is 23.9 Å². The van der Waals surface area contributed by atoms with E-state index in [1.54, 1.807) is 0 Å². The molecule has 6 nitrogen and oxygen atoms in total. The van der Waals surface area contributed by atoms with Crippen LogP contribution in [0.2, 0.25) is 5.02 Å². The summed E-state index contributed by atoms with van der Waals surface area (Å²) in [6, 6.07) is 15.5. The summed E-state index contributed by atoms with van der Waals surface area (Å²) in [5.74, 6) is 1.21. The van der Waals surface area contributed by atoms with E-state index in [9.17, 15) is 4.79 Å². The quantitative estimate of drug-likeness (QED) is 0.687. The highest BCUT2D eigenvalue weighted by Gasteiger charge is 2.35. The molecule has 2 unspecified atom stereocenters. The summed E-state index contributed by atoms with van der Waals surface area (Å²) in [5.41, 5.74) is 9.22. The molecule has 2 N–H and O–H groups in total. The molecule has 2 saturated heterocycles. The highest BCUT2D eigenvalue weighted by Crippen LogP contribution is 2.31. The van der Waals surface area contributed by atoms with Gasteiger partial charge in [0, 0.05) is 30.1 Å². The van der Waals surface area contributed by atoms with Crippen molar-refractivity contribution in [2.24, 2.45) is 0 Å². The summed E-state index contributed by atoms with van der Waals surface area (Å²) in [6.45, 7) is 1.45. The number of amides is 1. The van der Waals surface area contributed by atoms with E-state index in [2.05, 4.69) is 15.8 Å². The number of likely N-dealkylation sites (tertiary alicyclic amines) is 1. The number of hydrazine groups is 1. The Morgan fingerprint density at radius 1 is 1.10 bits per heavy atom. The van der Waals surface area contributed by atoms with Gasteiger partial charge in [0.1, 0.15) is 11.6 Å². The van der Waals surface area contributed by atoms with E-state index in [0.717, 1.165) is 48.5 Å². The molecule has 0 radical (unpaired) electrons. The Kier molecular flexibility index (Phi) is 4.99. The highest BCUT2D eigenvalue weighted by atomic mass is 35.5. The lowest BCUT2D eigenvalue weighted by molar-refractivity contribution is -0.134. The monoisotopic (exact) mass is 410 g/mol. The van der Waals surface area contributed by atoms with Crippen LogP contribution in [0.5, 0.6) is 0 Å². The van der Waals surface area contributed by atoms with Crippen LogP contribution in [-0.2, 0) is 4.79 Å². The summed E-state index contributed by atoms with van der Waals surface area (Å²) in [5, 5.41) is 0.709. The van der Waals surface area contributed by atoms with Crippen LogP contribution in [0, 0.1) is 0 Å². The molecule has 7 heteroatoms. The maximum atomic E-state index is 13.0. The summed E-state index contributed by atoms with van der Waals surface area (Å²) in [6.07, 6.45) is 2.46. The summed E-state index contributed by atoms with van der Waals surface area (Å²) < 4.78 is 5.93. The van der Waals surface area contributed by atoms with Crippen LogP contribution in [0.3, 0.4) is 0 Å². The van der Waals surface area contributed by atoms with Crippen molar-refractivity contribution in [2.75, 3.05) is 13.1 Å². The van der Waals surface area contributed by atoms with E-state index in [1.807, 2.05) is 53.4 Å². The average Bonchev–Trinajstić information content (AvgIpc) is 3.41. The largest absolute Gasteiger partial charge is 0.440 e. The molecule has 2 fully saturated rings. The summed E-state index contributed by atoms with van der Waals surface area (Å²) in [4.78, 5) is 19.6. The van der Waals surface area contributed by atoms with Gasteiger partial charge in [-0.3, -0.25) is 4.79 Å². The Morgan fingerprint density at radius 3 is 2.72 bits per heavy atom. The van der Waals surface area contributed by atoms with Gasteiger partial charge in [-0.15, -0.1) is 0 Å². The Bertz CT molecular complexity index is 995. The zero-order valence-corrected chi connectivity index (χ0v) is 16.7. The van der Waals surface area contributed by atoms with Crippen LogP contribution in [-0.4, -0.2) is 34.9 Å². The smallest absolute Gasteiger partial charge is 0.241 e. The normalized spacial score (nSPS) is 23.0. The van der Waals surface area contributed by atoms with Crippen molar-refractivity contribution in [1.82, 2.24) is 20.7 Å². The Labute approximate surface area is 174 Å². The van der Waals surface area contributed by atoms with Crippen molar-refractivity contribution in [1.29, 1.82) is 0 Å². The number of oxazole rings is 1. The maximum Gasteiger partial charge on any atom is 0.241 e. The number of nitrogens with one attached hydrogen (secondary N) is 2. The van der Waals surface area contributed by atoms with E-state index in [1.165, 1.54) is 0 Å². The number of hydrogen-bond donors (Lipinski definition) is 2. The van der Waals surface area contributed by atoms with Gasteiger partial charge in [0.15, 0.2) is 11.5 Å². The highest BCUT2D eigenvalue weighted by molar-refractivity contribution is 6.30. The molecule has 3 aromatic rings. The van der Waals surface area contributed by atoms with Gasteiger partial charge in [0.05, 0.1) is 0 Å². The van der Waals surface area contributed by atoms with Crippen LogP contribution in [0.1, 0.15) is 42.7 Å². The molecule has 29 heavy (non-hydrogen) atoms. The first-order valence-corrected chi connectivity index (χ1v) is 10.5. The van der Waals surface area contributed by atoms with Crippen molar-refractivity contribution in [3.05, 3.63) is 65.0 Å². The SMILES string of the molecule is O=C(C1CC(c2cccc(Cl)c2)NN1)N1CCC(c2nc3ccccc3o2)CC1. The standard InChI is InChI=1S/C22H23ClN4O2/c23-16-5-3-4-15(12-16)18-13-19(26-25-18)22(28)27-10-8-14(9-11-27)21-24-17-6-1-2-7-20(17)29-21/h1-7,12,14,18-19,25-26H,8-11,13H2. The van der Waals surface area contributed by atoms with Crippen LogP contribution in [0.25, 0.3) is 11.1 Å². The molecule has 1 amide bonds. The third-order valence-electron chi connectivity index (χ3n) is 5.92. The van der Waals surface area contributed by atoms with Gasteiger partial charge in [-0.05, 0) is 49.1 Å². The van der Waals surface area contributed by atoms with Crippen LogP contribution >= 0.6 is 11.6 Å². The van der Waals surface area contributed by atoms with E-state index >= 15 is 0 Å². The third kappa shape index (κ3) is 3.75. The second-order valence-electron chi connectivity index (χ2n) is 7.80. The first kappa shape index (κ1) is 18.6. The average molecular weight is 411 g/mol. The summed E-state index contributed by atoms with van der Waals surface area (Å²) in [7, 11) is 0. The van der Waals surface area contributed by atoms with Crippen molar-refractivity contribution in [3.63, 3.8) is 0 Å². The molecule has 2 aliphatic heterocycles. The number of hydrogen-bond acceptors (Lipinski definition) is 5. The number of para-hydroxylation sites is 2. The minimum atomic E-state index is -0.222. The topological polar surface area (TPSA) is 70.4 Å². The second kappa shape index (κ2) is 7.78. The van der Waals surface area contributed by atoms with Gasteiger partial charge < -0.3 is 9.32 Å². The number of halogens is 1. The Balaban J connectivity index is 1.19.